The van der Waals surface area contributed by atoms with Crippen LogP contribution in [0.25, 0.3) is 39.3 Å². The average Bonchev–Trinajstić information content (AvgIpc) is 3.31. The molecule has 0 atom stereocenters. The van der Waals surface area contributed by atoms with Crippen LogP contribution in [0.1, 0.15) is 20.7 Å². The fraction of sp³-hybridized carbons (Fsp3) is 0.0690. The van der Waals surface area contributed by atoms with Crippen LogP contribution in [0.5, 0.6) is 0 Å². The number of rotatable bonds is 5. The molecule has 1 aliphatic heterocycles. The molecule has 0 bridgehead atoms. The second-order valence-electron chi connectivity index (χ2n) is 8.55. The van der Waals surface area contributed by atoms with Crippen LogP contribution in [-0.2, 0) is 0 Å². The standard InChI is InChI=1S/C29H16F6N2O2/c30-28(31,32)26(38)20-16-21(27(39)29(33,34)35)23-22(20)24(17-10-4-1-5-11-17)36-37(19-14-8-3-9-15-19)25(23)18-12-6-2-7-13-18/h1-16H. The van der Waals surface area contributed by atoms with Gasteiger partial charge in [0.05, 0.1) is 17.1 Å². The molecule has 3 aromatic carbocycles. The van der Waals surface area contributed by atoms with Gasteiger partial charge in [-0.1, -0.05) is 78.9 Å². The molecule has 1 aliphatic carbocycles. The molecule has 0 unspecified atom stereocenters. The molecule has 0 amide bonds. The third-order valence-corrected chi connectivity index (χ3v) is 6.06. The Bertz CT molecular complexity index is 1640. The maximum absolute atomic E-state index is 13.8. The third kappa shape index (κ3) is 4.69. The number of alkyl halides is 6. The van der Waals surface area contributed by atoms with E-state index in [0.29, 0.717) is 11.8 Å². The topological polar surface area (TPSA) is 52.0 Å². The third-order valence-electron chi connectivity index (χ3n) is 6.06. The predicted octanol–water partition coefficient (Wildman–Crippen LogP) is 7.80. The Morgan fingerprint density at radius 1 is 0.590 bits per heavy atom. The van der Waals surface area contributed by atoms with E-state index in [-0.39, 0.29) is 22.5 Å². The molecule has 0 saturated carbocycles. The zero-order valence-corrected chi connectivity index (χ0v) is 19.7. The Kier molecular flexibility index (Phi) is 6.33. The summed E-state index contributed by atoms with van der Waals surface area (Å²) in [7, 11) is 0. The second kappa shape index (κ2) is 9.54. The lowest BCUT2D eigenvalue weighted by molar-refractivity contribution is -0.0885. The van der Waals surface area contributed by atoms with Crippen molar-refractivity contribution < 1.29 is 35.9 Å². The van der Waals surface area contributed by atoms with Gasteiger partial charge in [-0.2, -0.15) is 31.4 Å². The van der Waals surface area contributed by atoms with Crippen LogP contribution in [0.4, 0.5) is 26.3 Å². The number of carbonyl (C=O) groups is 2. The van der Waals surface area contributed by atoms with Gasteiger partial charge in [-0.3, -0.25) is 9.59 Å². The molecule has 3 aromatic rings. The van der Waals surface area contributed by atoms with Gasteiger partial charge >= 0.3 is 12.4 Å². The lowest BCUT2D eigenvalue weighted by Gasteiger charge is -2.22. The fourth-order valence-electron chi connectivity index (χ4n) is 4.44. The molecule has 0 fully saturated rings. The van der Waals surface area contributed by atoms with Gasteiger partial charge in [-0.25, -0.2) is 4.68 Å². The summed E-state index contributed by atoms with van der Waals surface area (Å²) in [6.07, 6.45) is -10.9. The molecule has 10 heteroatoms. The highest BCUT2D eigenvalue weighted by molar-refractivity contribution is 6.18. The molecule has 0 spiro atoms. The molecular weight excluding hydrogens is 522 g/mol. The maximum atomic E-state index is 13.8. The lowest BCUT2D eigenvalue weighted by atomic mass is 9.92. The van der Waals surface area contributed by atoms with Gasteiger partial charge in [0, 0.05) is 33.4 Å². The van der Waals surface area contributed by atoms with E-state index in [1.54, 1.807) is 66.7 Å². The minimum Gasteiger partial charge on any atom is -0.284 e. The summed E-state index contributed by atoms with van der Waals surface area (Å²) in [6, 6.07) is 24.2. The van der Waals surface area contributed by atoms with Gasteiger partial charge in [0.1, 0.15) is 0 Å². The van der Waals surface area contributed by atoms with E-state index in [9.17, 15) is 35.9 Å². The van der Waals surface area contributed by atoms with Crippen LogP contribution in [0.3, 0.4) is 0 Å². The molecule has 1 heterocycles. The molecule has 0 N–H and O–H groups in total. The van der Waals surface area contributed by atoms with Gasteiger partial charge in [0.15, 0.2) is 0 Å². The Labute approximate surface area is 217 Å². The highest BCUT2D eigenvalue weighted by Crippen LogP contribution is 2.48. The minimum atomic E-state index is -5.43. The zero-order valence-electron chi connectivity index (χ0n) is 19.7. The summed E-state index contributed by atoms with van der Waals surface area (Å²) >= 11 is 0. The van der Waals surface area contributed by atoms with Gasteiger partial charge in [0.2, 0.25) is 0 Å². The molecule has 0 saturated heterocycles. The maximum Gasteiger partial charge on any atom is 0.454 e. The summed E-state index contributed by atoms with van der Waals surface area (Å²) in [5, 5.41) is 4.58. The summed E-state index contributed by atoms with van der Waals surface area (Å²) in [6.45, 7) is 0. The highest BCUT2D eigenvalue weighted by atomic mass is 19.4. The van der Waals surface area contributed by atoms with Crippen molar-refractivity contribution in [2.75, 3.05) is 0 Å². The van der Waals surface area contributed by atoms with Crippen LogP contribution in [0.2, 0.25) is 0 Å². The quantitative estimate of drug-likeness (QED) is 0.170. The number of ketones is 2. The van der Waals surface area contributed by atoms with E-state index < -0.39 is 46.2 Å². The van der Waals surface area contributed by atoms with E-state index in [1.165, 1.54) is 28.9 Å². The largest absolute Gasteiger partial charge is 0.454 e. The summed E-state index contributed by atoms with van der Waals surface area (Å²) in [5.41, 5.74) is -2.53. The Hall–Kier alpha value is -4.73. The first kappa shape index (κ1) is 25.9. The number of hydrogen-bond donors (Lipinski definition) is 0. The zero-order chi connectivity index (χ0) is 27.9. The van der Waals surface area contributed by atoms with E-state index in [1.807, 2.05) is 0 Å². The number of fused-ring (bicyclic) bond motifs is 1. The molecule has 5 rings (SSSR count). The molecule has 196 valence electrons. The molecule has 39 heavy (non-hydrogen) atoms. The van der Waals surface area contributed by atoms with E-state index in [0.717, 1.165) is 0 Å². The summed E-state index contributed by atoms with van der Waals surface area (Å²) in [5.74, 6) is -4.76. The number of para-hydroxylation sites is 1. The van der Waals surface area contributed by atoms with Crippen LogP contribution in [0, 0.1) is 0 Å². The number of nitrogens with zero attached hydrogens (tertiary/aromatic N) is 2. The first-order valence-corrected chi connectivity index (χ1v) is 11.5. The predicted molar refractivity (Wildman–Crippen MR) is 132 cm³/mol. The van der Waals surface area contributed by atoms with Crippen molar-refractivity contribution in [2.24, 2.45) is 0 Å². The molecule has 0 aromatic heterocycles. The first-order chi connectivity index (χ1) is 18.5. The van der Waals surface area contributed by atoms with Crippen molar-refractivity contribution in [2.45, 2.75) is 12.4 Å². The fourth-order valence-corrected chi connectivity index (χ4v) is 4.44. The Morgan fingerprint density at radius 3 is 1.51 bits per heavy atom. The Balaban J connectivity index is 2.04. The number of carbonyl (C=O) groups excluding carboxylic acids is 2. The smallest absolute Gasteiger partial charge is 0.284 e. The SMILES string of the molecule is O=C(c1cc(C(=O)C(F)(F)F)c2c(-c3ccccc3)n(-c3ccccc3)nc(-c3ccccc3)c1-2)C(F)(F)F. The number of hydrogen-bond acceptors (Lipinski definition) is 3. The molecule has 2 aliphatic rings. The van der Waals surface area contributed by atoms with Crippen molar-refractivity contribution >= 4 is 11.6 Å². The number of Topliss-reactive ketones (excluding diaryl/α,β-unsaturated/α-hetero) is 2. The molecule has 4 nitrogen and oxygen atoms in total. The lowest BCUT2D eigenvalue weighted by Crippen LogP contribution is -2.23. The van der Waals surface area contributed by atoms with Crippen molar-refractivity contribution in [3.8, 4) is 39.3 Å². The van der Waals surface area contributed by atoms with Crippen molar-refractivity contribution in [1.82, 2.24) is 9.78 Å². The number of aromatic nitrogens is 2. The first-order valence-electron chi connectivity index (χ1n) is 11.5. The Morgan fingerprint density at radius 2 is 1.03 bits per heavy atom. The van der Waals surface area contributed by atoms with Crippen molar-refractivity contribution in [1.29, 1.82) is 0 Å². The highest BCUT2D eigenvalue weighted by Gasteiger charge is 2.47. The van der Waals surface area contributed by atoms with E-state index in [4.69, 9.17) is 0 Å². The summed E-state index contributed by atoms with van der Waals surface area (Å²) in [4.78, 5) is 25.3. The van der Waals surface area contributed by atoms with E-state index in [2.05, 4.69) is 5.10 Å². The number of halogens is 6. The van der Waals surface area contributed by atoms with Crippen LogP contribution in [-0.4, -0.2) is 33.7 Å². The van der Waals surface area contributed by atoms with Crippen molar-refractivity contribution in [3.05, 3.63) is 108 Å². The van der Waals surface area contributed by atoms with Gasteiger partial charge in [0.25, 0.3) is 11.6 Å². The van der Waals surface area contributed by atoms with Crippen LogP contribution in [0.15, 0.2) is 97.1 Å². The number of benzene rings is 3. The van der Waals surface area contributed by atoms with Gasteiger partial charge in [-0.05, 0) is 18.2 Å². The van der Waals surface area contributed by atoms with Crippen molar-refractivity contribution in [3.63, 3.8) is 0 Å². The van der Waals surface area contributed by atoms with E-state index >= 15 is 0 Å². The molecule has 0 radical (unpaired) electrons. The van der Waals surface area contributed by atoms with Crippen LogP contribution >= 0.6 is 0 Å². The van der Waals surface area contributed by atoms with Crippen LogP contribution < -0.4 is 0 Å². The average molecular weight is 538 g/mol. The monoisotopic (exact) mass is 538 g/mol. The van der Waals surface area contributed by atoms with Gasteiger partial charge in [-0.15, -0.1) is 0 Å². The van der Waals surface area contributed by atoms with Gasteiger partial charge < -0.3 is 0 Å². The summed E-state index contributed by atoms with van der Waals surface area (Å²) < 4.78 is 83.9. The molecular formula is C29H16F6N2O2. The second-order valence-corrected chi connectivity index (χ2v) is 8.55. The minimum absolute atomic E-state index is 0.0784. The normalized spacial score (nSPS) is 12.1.